The average Bonchev–Trinajstić information content (AvgIpc) is 3.22. The van der Waals surface area contributed by atoms with Gasteiger partial charge in [0.25, 0.3) is 0 Å². The quantitative estimate of drug-likeness (QED) is 0.395. The Kier molecular flexibility index (Phi) is 5.15. The molecule has 4 rings (SSSR count). The highest BCUT2D eigenvalue weighted by molar-refractivity contribution is 9.10. The van der Waals surface area contributed by atoms with E-state index in [1.165, 1.54) is 11.1 Å². The minimum Gasteiger partial charge on any atom is -0.389 e. The Bertz CT molecular complexity index is 1180. The number of nitrogens with zero attached hydrogens (tertiary/aromatic N) is 6. The summed E-state index contributed by atoms with van der Waals surface area (Å²) in [6.07, 6.45) is 1.68. The molecule has 0 spiro atoms. The number of imidazole rings is 1. The van der Waals surface area contributed by atoms with E-state index in [-0.39, 0.29) is 0 Å². The third kappa shape index (κ3) is 4.10. The van der Waals surface area contributed by atoms with Crippen LogP contribution in [-0.4, -0.2) is 53.9 Å². The third-order valence-corrected chi connectivity index (χ3v) is 5.40. The highest BCUT2D eigenvalue weighted by atomic mass is 79.9. The van der Waals surface area contributed by atoms with Crippen LogP contribution < -0.4 is 10.2 Å². The Morgan fingerprint density at radius 2 is 1.93 bits per heavy atom. The molecule has 158 valence electrons. The van der Waals surface area contributed by atoms with Crippen molar-refractivity contribution in [3.63, 3.8) is 0 Å². The van der Waals surface area contributed by atoms with Crippen LogP contribution in [0.3, 0.4) is 0 Å². The zero-order chi connectivity index (χ0) is 21.6. The number of aliphatic hydroxyl groups is 1. The van der Waals surface area contributed by atoms with Gasteiger partial charge in [0.05, 0.1) is 33.8 Å². The van der Waals surface area contributed by atoms with Gasteiger partial charge in [-0.1, -0.05) is 0 Å². The Hall–Kier alpha value is -2.72. The van der Waals surface area contributed by atoms with Crippen molar-refractivity contribution in [3.05, 3.63) is 39.8 Å². The summed E-state index contributed by atoms with van der Waals surface area (Å²) in [5.41, 5.74) is 4.15. The number of aromatic nitrogens is 6. The molecule has 0 radical (unpaired) electrons. The Labute approximate surface area is 182 Å². The second kappa shape index (κ2) is 7.51. The van der Waals surface area contributed by atoms with Crippen molar-refractivity contribution >= 4 is 44.5 Å². The normalized spacial score (nSPS) is 12.1. The molecule has 30 heavy (non-hydrogen) atoms. The number of H-pyrrole nitrogens is 1. The smallest absolute Gasteiger partial charge is 0.230 e. The van der Waals surface area contributed by atoms with E-state index in [9.17, 15) is 5.11 Å². The highest BCUT2D eigenvalue weighted by Gasteiger charge is 2.20. The Balaban J connectivity index is 1.64. The fourth-order valence-electron chi connectivity index (χ4n) is 3.34. The lowest BCUT2D eigenvalue weighted by Gasteiger charge is -2.25. The van der Waals surface area contributed by atoms with Crippen molar-refractivity contribution < 1.29 is 5.11 Å². The number of nitrogens with one attached hydrogen (secondary N) is 2. The van der Waals surface area contributed by atoms with Gasteiger partial charge >= 0.3 is 0 Å². The number of anilines is 2. The van der Waals surface area contributed by atoms with Gasteiger partial charge in [-0.2, -0.15) is 19.6 Å². The van der Waals surface area contributed by atoms with Gasteiger partial charge in [0.2, 0.25) is 11.9 Å². The molecule has 0 amide bonds. The standard InChI is InChI=1S/C20H25BrN8O/c1-11-6-14-15(7-12(11)2)25-16(24-14)9-22-18-27-19(28(5)10-20(3,4)30)26-17-13(21)8-23-29(17)18/h6-8,30H,9-10H2,1-5H3,(H,24,25)(H,22,26,27). The van der Waals surface area contributed by atoms with E-state index in [2.05, 4.69) is 72.3 Å². The van der Waals surface area contributed by atoms with Crippen molar-refractivity contribution in [3.8, 4) is 0 Å². The number of aromatic amines is 1. The van der Waals surface area contributed by atoms with E-state index in [0.29, 0.717) is 30.6 Å². The van der Waals surface area contributed by atoms with E-state index in [0.717, 1.165) is 21.3 Å². The molecule has 0 atom stereocenters. The van der Waals surface area contributed by atoms with Gasteiger partial charge in [-0.3, -0.25) is 0 Å². The number of aryl methyl sites for hydroxylation is 2. The van der Waals surface area contributed by atoms with Gasteiger partial charge in [0.1, 0.15) is 5.82 Å². The van der Waals surface area contributed by atoms with E-state index < -0.39 is 5.60 Å². The predicted molar refractivity (Wildman–Crippen MR) is 121 cm³/mol. The summed E-state index contributed by atoms with van der Waals surface area (Å²) in [5.74, 6) is 1.83. The van der Waals surface area contributed by atoms with E-state index in [1.54, 1.807) is 24.6 Å². The highest BCUT2D eigenvalue weighted by Crippen LogP contribution is 2.23. The molecule has 0 unspecified atom stereocenters. The van der Waals surface area contributed by atoms with Crippen LogP contribution >= 0.6 is 15.9 Å². The summed E-state index contributed by atoms with van der Waals surface area (Å²) in [6, 6.07) is 4.19. The maximum Gasteiger partial charge on any atom is 0.230 e. The molecule has 0 fully saturated rings. The predicted octanol–water partition coefficient (Wildman–Crippen LogP) is 3.20. The zero-order valence-corrected chi connectivity index (χ0v) is 19.2. The number of fused-ring (bicyclic) bond motifs is 2. The van der Waals surface area contributed by atoms with Crippen LogP contribution in [0.1, 0.15) is 30.8 Å². The average molecular weight is 473 g/mol. The van der Waals surface area contributed by atoms with Gasteiger partial charge < -0.3 is 20.3 Å². The maximum atomic E-state index is 10.2. The molecule has 0 saturated heterocycles. The largest absolute Gasteiger partial charge is 0.389 e. The van der Waals surface area contributed by atoms with Crippen molar-refractivity contribution in [1.82, 2.24) is 29.5 Å². The van der Waals surface area contributed by atoms with Crippen LogP contribution in [0.4, 0.5) is 11.9 Å². The second-order valence-corrected chi connectivity index (χ2v) is 9.09. The lowest BCUT2D eigenvalue weighted by Crippen LogP contribution is -2.37. The molecule has 0 aliphatic rings. The molecule has 3 heterocycles. The SMILES string of the molecule is Cc1cc2nc(CNc3nc(N(C)CC(C)(C)O)nc4c(Br)cnn34)[nH]c2cc1C. The van der Waals surface area contributed by atoms with Crippen LogP contribution in [0, 0.1) is 13.8 Å². The molecule has 0 aliphatic heterocycles. The minimum atomic E-state index is -0.875. The molecular weight excluding hydrogens is 448 g/mol. The molecule has 3 N–H and O–H groups in total. The zero-order valence-electron chi connectivity index (χ0n) is 17.7. The summed E-state index contributed by atoms with van der Waals surface area (Å²) in [6.45, 7) is 8.51. The molecular formula is C20H25BrN8O. The van der Waals surface area contributed by atoms with Gasteiger partial charge in [-0.15, -0.1) is 0 Å². The molecule has 10 heteroatoms. The summed E-state index contributed by atoms with van der Waals surface area (Å²) in [5, 5.41) is 17.8. The van der Waals surface area contributed by atoms with Crippen LogP contribution in [-0.2, 0) is 6.54 Å². The lowest BCUT2D eigenvalue weighted by molar-refractivity contribution is 0.0883. The number of hydrogen-bond acceptors (Lipinski definition) is 7. The van der Waals surface area contributed by atoms with Crippen LogP contribution in [0.5, 0.6) is 0 Å². The Morgan fingerprint density at radius 1 is 1.20 bits per heavy atom. The summed E-state index contributed by atoms with van der Waals surface area (Å²) < 4.78 is 2.41. The Morgan fingerprint density at radius 3 is 2.67 bits per heavy atom. The van der Waals surface area contributed by atoms with Crippen LogP contribution in [0.25, 0.3) is 16.7 Å². The summed E-state index contributed by atoms with van der Waals surface area (Å²) in [7, 11) is 1.85. The first-order chi connectivity index (χ1) is 14.1. The van der Waals surface area contributed by atoms with Gasteiger partial charge in [0, 0.05) is 13.6 Å². The molecule has 0 aliphatic carbocycles. The van der Waals surface area contributed by atoms with Gasteiger partial charge in [-0.05, 0) is 66.9 Å². The van der Waals surface area contributed by atoms with Crippen molar-refractivity contribution in [2.75, 3.05) is 23.8 Å². The van der Waals surface area contributed by atoms with Crippen LogP contribution in [0.2, 0.25) is 0 Å². The van der Waals surface area contributed by atoms with Crippen molar-refractivity contribution in [1.29, 1.82) is 0 Å². The fraction of sp³-hybridized carbons (Fsp3) is 0.400. The monoisotopic (exact) mass is 472 g/mol. The van der Waals surface area contributed by atoms with Gasteiger partial charge in [-0.25, -0.2) is 4.98 Å². The molecule has 3 aromatic heterocycles. The molecule has 0 bridgehead atoms. The van der Waals surface area contributed by atoms with Gasteiger partial charge in [0.15, 0.2) is 5.65 Å². The summed E-state index contributed by atoms with van der Waals surface area (Å²) in [4.78, 5) is 19.1. The van der Waals surface area contributed by atoms with Crippen molar-refractivity contribution in [2.45, 2.75) is 39.8 Å². The van der Waals surface area contributed by atoms with E-state index >= 15 is 0 Å². The third-order valence-electron chi connectivity index (χ3n) is 4.84. The fourth-order valence-corrected chi connectivity index (χ4v) is 3.69. The first-order valence-electron chi connectivity index (χ1n) is 9.65. The van der Waals surface area contributed by atoms with E-state index in [1.807, 2.05) is 11.9 Å². The second-order valence-electron chi connectivity index (χ2n) is 8.23. The topological polar surface area (TPSA) is 107 Å². The number of hydrogen-bond donors (Lipinski definition) is 3. The maximum absolute atomic E-state index is 10.2. The van der Waals surface area contributed by atoms with Crippen molar-refractivity contribution in [2.24, 2.45) is 0 Å². The first kappa shape index (κ1) is 20.5. The molecule has 0 saturated carbocycles. The number of halogens is 1. The molecule has 9 nitrogen and oxygen atoms in total. The first-order valence-corrected chi connectivity index (χ1v) is 10.4. The van der Waals surface area contributed by atoms with Crippen LogP contribution in [0.15, 0.2) is 22.8 Å². The molecule has 1 aromatic carbocycles. The van der Waals surface area contributed by atoms with E-state index in [4.69, 9.17) is 0 Å². The lowest BCUT2D eigenvalue weighted by atomic mass is 10.1. The summed E-state index contributed by atoms with van der Waals surface area (Å²) >= 11 is 3.49. The number of likely N-dealkylation sites (N-methyl/N-ethyl adjacent to an activating group) is 1. The number of benzene rings is 1. The number of rotatable bonds is 6. The minimum absolute atomic E-state index is 0.386. The molecule has 4 aromatic rings.